The first-order chi connectivity index (χ1) is 11.8. The van der Waals surface area contributed by atoms with Gasteiger partial charge in [0.25, 0.3) is 5.91 Å². The normalized spacial score (nSPS) is 20.5. The molecule has 4 rings (SSSR count). The van der Waals surface area contributed by atoms with E-state index in [1.165, 1.54) is 19.0 Å². The van der Waals surface area contributed by atoms with E-state index in [9.17, 15) is 4.79 Å². The number of hydrogen-bond donors (Lipinski definition) is 0. The molecular weight excluding hydrogens is 306 g/mol. The molecule has 1 aliphatic carbocycles. The van der Waals surface area contributed by atoms with Gasteiger partial charge in [0.2, 0.25) is 0 Å². The summed E-state index contributed by atoms with van der Waals surface area (Å²) in [6.07, 6.45) is 8.99. The Balaban J connectivity index is 1.49. The van der Waals surface area contributed by atoms with Crippen LogP contribution in [0.25, 0.3) is 0 Å². The first kappa shape index (κ1) is 15.3. The number of aromatic nitrogens is 4. The van der Waals surface area contributed by atoms with Crippen LogP contribution in [-0.4, -0.2) is 50.3 Å². The molecule has 1 atom stereocenters. The van der Waals surface area contributed by atoms with Crippen LogP contribution in [0.3, 0.4) is 0 Å². The van der Waals surface area contributed by atoms with Crippen LogP contribution < -0.4 is 0 Å². The molecule has 7 heteroatoms. The van der Waals surface area contributed by atoms with Gasteiger partial charge >= 0.3 is 0 Å². The SMILES string of the molecule is O=C(c1cnccn1)N1Cc2ccnn2CC(COCC2CC2)C1. The van der Waals surface area contributed by atoms with Crippen LogP contribution in [0, 0.1) is 11.8 Å². The number of nitrogens with zero attached hydrogens (tertiary/aromatic N) is 5. The van der Waals surface area contributed by atoms with E-state index in [1.807, 2.05) is 15.6 Å². The third-order valence-corrected chi connectivity index (χ3v) is 4.54. The Morgan fingerprint density at radius 1 is 1.17 bits per heavy atom. The third-order valence-electron chi connectivity index (χ3n) is 4.54. The maximum Gasteiger partial charge on any atom is 0.274 e. The van der Waals surface area contributed by atoms with Crippen LogP contribution in [0.5, 0.6) is 0 Å². The first-order valence-corrected chi connectivity index (χ1v) is 8.43. The summed E-state index contributed by atoms with van der Waals surface area (Å²) < 4.78 is 7.85. The van der Waals surface area contributed by atoms with Crippen molar-refractivity contribution in [2.24, 2.45) is 11.8 Å². The molecule has 2 aromatic rings. The molecule has 24 heavy (non-hydrogen) atoms. The molecule has 1 fully saturated rings. The van der Waals surface area contributed by atoms with Crippen LogP contribution >= 0.6 is 0 Å². The molecule has 1 aliphatic heterocycles. The van der Waals surface area contributed by atoms with Crippen molar-refractivity contribution in [2.45, 2.75) is 25.9 Å². The molecule has 0 spiro atoms. The van der Waals surface area contributed by atoms with Gasteiger partial charge in [0, 0.05) is 44.2 Å². The van der Waals surface area contributed by atoms with E-state index in [0.29, 0.717) is 25.4 Å². The fraction of sp³-hybridized carbons (Fsp3) is 0.529. The summed E-state index contributed by atoms with van der Waals surface area (Å²) in [6, 6.07) is 1.96. The van der Waals surface area contributed by atoms with Gasteiger partial charge < -0.3 is 9.64 Å². The smallest absolute Gasteiger partial charge is 0.274 e. The number of hydrogen-bond acceptors (Lipinski definition) is 5. The number of rotatable bonds is 5. The highest BCUT2D eigenvalue weighted by atomic mass is 16.5. The van der Waals surface area contributed by atoms with Crippen molar-refractivity contribution in [3.63, 3.8) is 0 Å². The average molecular weight is 327 g/mol. The monoisotopic (exact) mass is 327 g/mol. The van der Waals surface area contributed by atoms with Crippen LogP contribution in [0.4, 0.5) is 0 Å². The Bertz CT molecular complexity index is 698. The summed E-state index contributed by atoms with van der Waals surface area (Å²) in [4.78, 5) is 22.7. The number of carbonyl (C=O) groups is 1. The van der Waals surface area contributed by atoms with Gasteiger partial charge in [0.15, 0.2) is 0 Å². The highest BCUT2D eigenvalue weighted by Gasteiger charge is 2.28. The maximum absolute atomic E-state index is 12.8. The lowest BCUT2D eigenvalue weighted by molar-refractivity contribution is 0.0564. The Hall–Kier alpha value is -2.28. The van der Waals surface area contributed by atoms with Crippen molar-refractivity contribution >= 4 is 5.91 Å². The Kier molecular flexibility index (Phi) is 4.25. The van der Waals surface area contributed by atoms with Crippen molar-refractivity contribution < 1.29 is 9.53 Å². The largest absolute Gasteiger partial charge is 0.381 e. The van der Waals surface area contributed by atoms with E-state index in [1.54, 1.807) is 18.6 Å². The Morgan fingerprint density at radius 2 is 2.04 bits per heavy atom. The van der Waals surface area contributed by atoms with Gasteiger partial charge in [-0.15, -0.1) is 0 Å². The van der Waals surface area contributed by atoms with E-state index in [2.05, 4.69) is 15.1 Å². The quantitative estimate of drug-likeness (QED) is 0.829. The van der Waals surface area contributed by atoms with Gasteiger partial charge in [0.05, 0.1) is 25.0 Å². The van der Waals surface area contributed by atoms with Gasteiger partial charge in [-0.1, -0.05) is 0 Å². The van der Waals surface area contributed by atoms with Gasteiger partial charge in [0.1, 0.15) is 5.69 Å². The Morgan fingerprint density at radius 3 is 2.83 bits per heavy atom. The predicted octanol–water partition coefficient (Wildman–Crippen LogP) is 1.37. The van der Waals surface area contributed by atoms with Crippen molar-refractivity contribution in [3.05, 3.63) is 42.2 Å². The molecule has 0 saturated heterocycles. The zero-order valence-corrected chi connectivity index (χ0v) is 13.5. The molecule has 2 aromatic heterocycles. The van der Waals surface area contributed by atoms with Crippen molar-refractivity contribution in [1.29, 1.82) is 0 Å². The molecule has 7 nitrogen and oxygen atoms in total. The third kappa shape index (κ3) is 3.46. The number of carbonyl (C=O) groups excluding carboxylic acids is 1. The topological polar surface area (TPSA) is 73.1 Å². The summed E-state index contributed by atoms with van der Waals surface area (Å²) in [6.45, 7) is 3.44. The van der Waals surface area contributed by atoms with Crippen LogP contribution in [0.15, 0.2) is 30.9 Å². The number of amides is 1. The first-order valence-electron chi connectivity index (χ1n) is 8.43. The van der Waals surface area contributed by atoms with E-state index < -0.39 is 0 Å². The van der Waals surface area contributed by atoms with Gasteiger partial charge in [-0.25, -0.2) is 4.98 Å². The van der Waals surface area contributed by atoms with Gasteiger partial charge in [-0.3, -0.25) is 14.5 Å². The zero-order valence-electron chi connectivity index (χ0n) is 13.5. The van der Waals surface area contributed by atoms with Crippen LogP contribution in [0.2, 0.25) is 0 Å². The lowest BCUT2D eigenvalue weighted by Gasteiger charge is -2.23. The summed E-state index contributed by atoms with van der Waals surface area (Å²) in [7, 11) is 0. The zero-order chi connectivity index (χ0) is 16.4. The standard InChI is InChI=1S/C17H21N5O2/c23-17(16-7-18-5-6-19-16)21-8-14(12-24-11-13-1-2-13)9-22-15(10-21)3-4-20-22/h3-7,13-14H,1-2,8-12H2. The lowest BCUT2D eigenvalue weighted by atomic mass is 10.1. The number of fused-ring (bicyclic) bond motifs is 1. The summed E-state index contributed by atoms with van der Waals surface area (Å²) in [5, 5.41) is 4.38. The summed E-state index contributed by atoms with van der Waals surface area (Å²) in [5.74, 6) is 0.879. The van der Waals surface area contributed by atoms with Crippen molar-refractivity contribution in [2.75, 3.05) is 19.8 Å². The minimum atomic E-state index is -0.0926. The highest BCUT2D eigenvalue weighted by Crippen LogP contribution is 2.29. The minimum absolute atomic E-state index is 0.0926. The highest BCUT2D eigenvalue weighted by molar-refractivity contribution is 5.91. The van der Waals surface area contributed by atoms with Crippen molar-refractivity contribution in [3.8, 4) is 0 Å². The second kappa shape index (κ2) is 6.68. The molecular formula is C17H21N5O2. The molecule has 2 aliphatic rings. The lowest BCUT2D eigenvalue weighted by Crippen LogP contribution is -2.36. The molecule has 1 saturated carbocycles. The maximum atomic E-state index is 12.8. The molecule has 126 valence electrons. The molecule has 0 N–H and O–H groups in total. The molecule has 1 amide bonds. The molecule has 0 bridgehead atoms. The second-order valence-corrected chi connectivity index (χ2v) is 6.63. The van der Waals surface area contributed by atoms with Crippen molar-refractivity contribution in [1.82, 2.24) is 24.6 Å². The molecule has 0 radical (unpaired) electrons. The van der Waals surface area contributed by atoms with Crippen LogP contribution in [-0.2, 0) is 17.8 Å². The van der Waals surface area contributed by atoms with Gasteiger partial charge in [-0.05, 0) is 24.8 Å². The van der Waals surface area contributed by atoms with E-state index in [0.717, 1.165) is 24.8 Å². The van der Waals surface area contributed by atoms with Gasteiger partial charge in [-0.2, -0.15) is 5.10 Å². The fourth-order valence-corrected chi connectivity index (χ4v) is 3.05. The second-order valence-electron chi connectivity index (χ2n) is 6.63. The molecule has 1 unspecified atom stereocenters. The summed E-state index contributed by atoms with van der Waals surface area (Å²) in [5.41, 5.74) is 1.42. The van der Waals surface area contributed by atoms with Crippen LogP contribution in [0.1, 0.15) is 29.0 Å². The summed E-state index contributed by atoms with van der Waals surface area (Å²) >= 11 is 0. The Labute approximate surface area is 140 Å². The fourth-order valence-electron chi connectivity index (χ4n) is 3.05. The number of ether oxygens (including phenoxy) is 1. The average Bonchev–Trinajstić information content (AvgIpc) is 3.37. The molecule has 0 aromatic carbocycles. The predicted molar refractivity (Wildman–Crippen MR) is 86.0 cm³/mol. The van der Waals surface area contributed by atoms with E-state index in [-0.39, 0.29) is 11.8 Å². The minimum Gasteiger partial charge on any atom is -0.381 e. The van der Waals surface area contributed by atoms with E-state index in [4.69, 9.17) is 4.74 Å². The molecule has 3 heterocycles. The van der Waals surface area contributed by atoms with E-state index >= 15 is 0 Å².